The number of hydrogen-bond acceptors (Lipinski definition) is 10. The van der Waals surface area contributed by atoms with Crippen LogP contribution in [0.5, 0.6) is 0 Å². The van der Waals surface area contributed by atoms with E-state index in [0.717, 1.165) is 62.8 Å². The van der Waals surface area contributed by atoms with Crippen molar-refractivity contribution in [2.75, 3.05) is 26.7 Å². The maximum Gasteiger partial charge on any atom is 0.490 e. The molecule has 1 fully saturated rings. The number of aromatic carboxylic acids is 1. The number of unbranched alkanes of at least 4 members (excludes halogenated alkanes) is 3. The first-order chi connectivity index (χ1) is 24.9. The first-order valence-electron chi connectivity index (χ1n) is 18.3. The van der Waals surface area contributed by atoms with Crippen LogP contribution in [0.4, 0.5) is 18.0 Å². The summed E-state index contributed by atoms with van der Waals surface area (Å²) in [5.74, 6) is -4.78. The van der Waals surface area contributed by atoms with Crippen LogP contribution in [-0.4, -0.2) is 106 Å². The Hall–Kier alpha value is -3.51. The third-order valence-electron chi connectivity index (χ3n) is 8.85. The summed E-state index contributed by atoms with van der Waals surface area (Å²) in [6.07, 6.45) is 1.36. The summed E-state index contributed by atoms with van der Waals surface area (Å²) in [7, 11) is 1.94. The Morgan fingerprint density at radius 2 is 1.72 bits per heavy atom. The molecule has 0 unspecified atom stereocenters. The van der Waals surface area contributed by atoms with Gasteiger partial charge in [0, 0.05) is 18.3 Å². The fourth-order valence-electron chi connectivity index (χ4n) is 5.48. The number of nitrogens with one attached hydrogen (secondary N) is 2. The molecule has 18 heteroatoms. The number of carboxylic acid groups (broad SMARTS) is 2. The molecule has 1 aromatic rings. The minimum Gasteiger partial charge on any atom is -0.476 e. The summed E-state index contributed by atoms with van der Waals surface area (Å²) in [4.78, 5) is 73.9. The number of carboxylic acids is 2. The molecule has 0 saturated carbocycles. The van der Waals surface area contributed by atoms with Gasteiger partial charge in [0.25, 0.3) is 5.91 Å². The van der Waals surface area contributed by atoms with Gasteiger partial charge in [-0.05, 0) is 51.1 Å². The number of hydroxylamine groups is 2. The Bertz CT molecular complexity index is 1300. The van der Waals surface area contributed by atoms with Crippen molar-refractivity contribution in [1.29, 1.82) is 0 Å². The average molecular weight is 782 g/mol. The predicted octanol–water partition coefficient (Wildman–Crippen LogP) is 6.42. The number of thiazole rings is 1. The molecule has 5 atom stereocenters. The number of amides is 3. The van der Waals surface area contributed by atoms with Gasteiger partial charge in [0.1, 0.15) is 11.0 Å². The van der Waals surface area contributed by atoms with E-state index < -0.39 is 42.4 Å². The lowest BCUT2D eigenvalue weighted by Gasteiger charge is -2.39. The summed E-state index contributed by atoms with van der Waals surface area (Å²) < 4.78 is 37.6. The maximum absolute atomic E-state index is 14.5. The Labute approximate surface area is 314 Å². The van der Waals surface area contributed by atoms with E-state index in [9.17, 15) is 37.5 Å². The largest absolute Gasteiger partial charge is 0.490 e. The van der Waals surface area contributed by atoms with Gasteiger partial charge < -0.3 is 25.6 Å². The first kappa shape index (κ1) is 47.5. The molecular formula is C35H58F3N5O9S. The van der Waals surface area contributed by atoms with Crippen molar-refractivity contribution in [3.63, 3.8) is 0 Å². The third kappa shape index (κ3) is 16.6. The van der Waals surface area contributed by atoms with E-state index in [-0.39, 0.29) is 41.8 Å². The first-order valence-corrected chi connectivity index (χ1v) is 19.2. The summed E-state index contributed by atoms with van der Waals surface area (Å²) in [6.45, 7) is 13.4. The number of aliphatic carboxylic acids is 1. The molecule has 2 heterocycles. The molecule has 14 nitrogen and oxygen atoms in total. The van der Waals surface area contributed by atoms with E-state index in [1.807, 2.05) is 46.6 Å². The highest BCUT2D eigenvalue weighted by atomic mass is 32.1. The molecule has 4 N–H and O–H groups in total. The fourth-order valence-corrected chi connectivity index (χ4v) is 6.31. The number of alkyl halides is 3. The van der Waals surface area contributed by atoms with Gasteiger partial charge in [-0.2, -0.15) is 13.2 Å². The van der Waals surface area contributed by atoms with Crippen LogP contribution >= 0.6 is 11.3 Å². The van der Waals surface area contributed by atoms with Gasteiger partial charge in [0.2, 0.25) is 5.91 Å². The smallest absolute Gasteiger partial charge is 0.476 e. The molecule has 0 radical (unpaired) electrons. The number of likely N-dealkylation sites (N-methyl/N-ethyl adjacent to an activating group) is 1. The number of likely N-dealkylation sites (tertiary alicyclic amines) is 1. The highest BCUT2D eigenvalue weighted by molar-refractivity contribution is 7.09. The molecule has 0 aromatic carbocycles. The van der Waals surface area contributed by atoms with Crippen LogP contribution in [0.2, 0.25) is 0 Å². The van der Waals surface area contributed by atoms with Crippen LogP contribution in [0.25, 0.3) is 0 Å². The van der Waals surface area contributed by atoms with Gasteiger partial charge in [-0.25, -0.2) is 24.4 Å². The van der Waals surface area contributed by atoms with Crippen LogP contribution in [0.3, 0.4) is 0 Å². The van der Waals surface area contributed by atoms with Crippen LogP contribution in [0, 0.1) is 11.8 Å². The molecule has 0 spiro atoms. The molecule has 1 aromatic heterocycles. The lowest BCUT2D eigenvalue weighted by molar-refractivity contribution is -0.212. The number of aromatic nitrogens is 1. The summed E-state index contributed by atoms with van der Waals surface area (Å²) in [5.41, 5.74) is -0.143. The second-order valence-corrected chi connectivity index (χ2v) is 14.4. The Balaban J connectivity index is 0.00000181. The second kappa shape index (κ2) is 24.0. The van der Waals surface area contributed by atoms with Crippen molar-refractivity contribution < 1.29 is 56.9 Å². The van der Waals surface area contributed by atoms with Gasteiger partial charge in [-0.3, -0.25) is 19.3 Å². The normalized spacial score (nSPS) is 17.1. The number of hydrogen-bond donors (Lipinski definition) is 4. The Kier molecular flexibility index (Phi) is 21.5. The maximum atomic E-state index is 14.5. The minimum absolute atomic E-state index is 0.122. The van der Waals surface area contributed by atoms with Crippen LogP contribution in [0.15, 0.2) is 5.38 Å². The average Bonchev–Trinajstić information content (AvgIpc) is 3.60. The highest BCUT2D eigenvalue weighted by Crippen LogP contribution is 2.32. The van der Waals surface area contributed by atoms with E-state index in [1.54, 1.807) is 0 Å². The lowest BCUT2D eigenvalue weighted by Crippen LogP contribution is -2.58. The monoisotopic (exact) mass is 781 g/mol. The summed E-state index contributed by atoms with van der Waals surface area (Å²) in [6, 6.07) is -1.71. The van der Waals surface area contributed by atoms with Crippen LogP contribution in [0.1, 0.15) is 127 Å². The number of rotatable bonds is 20. The van der Waals surface area contributed by atoms with Crippen molar-refractivity contribution in [1.82, 2.24) is 25.6 Å². The number of nitrogens with zero attached hydrogens (tertiary/aromatic N) is 3. The van der Waals surface area contributed by atoms with E-state index in [0.29, 0.717) is 31.0 Å². The number of alkyl carbamates (subject to hydrolysis) is 1. The third-order valence-corrected chi connectivity index (χ3v) is 9.79. The molecule has 53 heavy (non-hydrogen) atoms. The van der Waals surface area contributed by atoms with Crippen LogP contribution in [-0.2, 0) is 24.0 Å². The SMILES string of the molecule is CCCCCCON(C(=O)[C@@H](NC(=O)[C@H]1CCCCN1C)[C@@H](C)CC)[C@H](C[C@@H](OC(=O)NCCC)c1nc(C(=O)O)cs1)C(C)C.O=C(O)C(F)(F)F. The standard InChI is InChI=1S/C33H57N5O7S.C2HF3O2/c1-8-11-12-15-19-44-38(31(40)28(23(6)10-3)36-29(39)25-16-13-14-18-37(25)7)26(22(4)5)20-27(45-33(43)34-17-9-2)30-35-24(21-46-30)32(41)42;3-2(4,5)1(6)7/h21-23,25-28H,8-20H2,1-7H3,(H,34,43)(H,36,39)(H,41,42);(H,6,7)/t23-,25+,26+,27+,28-;/m0./s1. The Morgan fingerprint density at radius 1 is 1.06 bits per heavy atom. The van der Waals surface area contributed by atoms with Crippen molar-refractivity contribution in [2.45, 2.75) is 136 Å². The van der Waals surface area contributed by atoms with Gasteiger partial charge in [-0.1, -0.05) is 73.6 Å². The molecule has 0 bridgehead atoms. The summed E-state index contributed by atoms with van der Waals surface area (Å²) >= 11 is 1.09. The molecule has 3 amide bonds. The van der Waals surface area contributed by atoms with Crippen molar-refractivity contribution in [2.24, 2.45) is 11.8 Å². The molecule has 1 aliphatic heterocycles. The van der Waals surface area contributed by atoms with Crippen molar-refractivity contribution >= 4 is 41.2 Å². The van der Waals surface area contributed by atoms with E-state index >= 15 is 0 Å². The topological polar surface area (TPSA) is 188 Å². The van der Waals surface area contributed by atoms with Crippen molar-refractivity contribution in [3.8, 4) is 0 Å². The van der Waals surface area contributed by atoms with Gasteiger partial charge in [-0.15, -0.1) is 11.3 Å². The van der Waals surface area contributed by atoms with Crippen LogP contribution < -0.4 is 10.6 Å². The second-order valence-electron chi connectivity index (χ2n) is 13.5. The lowest BCUT2D eigenvalue weighted by atomic mass is 9.93. The zero-order valence-electron chi connectivity index (χ0n) is 31.9. The zero-order chi connectivity index (χ0) is 40.3. The minimum atomic E-state index is -5.08. The number of carbonyl (C=O) groups is 5. The summed E-state index contributed by atoms with van der Waals surface area (Å²) in [5, 5.41) is 25.5. The fraction of sp³-hybridized carbons (Fsp3) is 0.771. The molecular weight excluding hydrogens is 723 g/mol. The number of carbonyl (C=O) groups excluding carboxylic acids is 3. The van der Waals surface area contributed by atoms with E-state index in [1.165, 1.54) is 10.4 Å². The number of ether oxygens (including phenoxy) is 1. The van der Waals surface area contributed by atoms with Gasteiger partial charge in [0.05, 0.1) is 18.7 Å². The molecule has 1 saturated heterocycles. The van der Waals surface area contributed by atoms with E-state index in [2.05, 4.69) is 22.5 Å². The Morgan fingerprint density at radius 3 is 2.23 bits per heavy atom. The van der Waals surface area contributed by atoms with Gasteiger partial charge >= 0.3 is 24.2 Å². The molecule has 1 aliphatic rings. The number of halogens is 3. The quantitative estimate of drug-likeness (QED) is 0.0844. The molecule has 304 valence electrons. The van der Waals surface area contributed by atoms with Gasteiger partial charge in [0.15, 0.2) is 11.8 Å². The molecule has 0 aliphatic carbocycles. The molecule has 2 rings (SSSR count). The predicted molar refractivity (Wildman–Crippen MR) is 192 cm³/mol. The zero-order valence-corrected chi connectivity index (χ0v) is 32.7. The number of piperidine rings is 1. The van der Waals surface area contributed by atoms with E-state index in [4.69, 9.17) is 19.5 Å². The van der Waals surface area contributed by atoms with Crippen molar-refractivity contribution in [3.05, 3.63) is 16.1 Å². The highest BCUT2D eigenvalue weighted by Gasteiger charge is 2.40.